The lowest BCUT2D eigenvalue weighted by Gasteiger charge is -2.11. The largest absolute Gasteiger partial charge is 0.439 e. The SMILES string of the molecule is CNCc1cccnc1Oc1cccc(C(F)(F)F)c1. The van der Waals surface area contributed by atoms with Crippen molar-refractivity contribution in [3.63, 3.8) is 0 Å². The zero-order valence-electron chi connectivity index (χ0n) is 10.7. The molecule has 1 aromatic heterocycles. The van der Waals surface area contributed by atoms with Gasteiger partial charge in [0.05, 0.1) is 5.56 Å². The Morgan fingerprint density at radius 3 is 2.70 bits per heavy atom. The maximum atomic E-state index is 12.6. The first-order valence-electron chi connectivity index (χ1n) is 5.94. The Hall–Kier alpha value is -2.08. The summed E-state index contributed by atoms with van der Waals surface area (Å²) in [5, 5.41) is 2.95. The van der Waals surface area contributed by atoms with Crippen LogP contribution in [0.3, 0.4) is 0 Å². The third-order valence-electron chi connectivity index (χ3n) is 2.59. The van der Waals surface area contributed by atoms with Gasteiger partial charge in [0.1, 0.15) is 5.75 Å². The van der Waals surface area contributed by atoms with Crippen LogP contribution in [0.1, 0.15) is 11.1 Å². The van der Waals surface area contributed by atoms with E-state index in [0.717, 1.165) is 17.7 Å². The van der Waals surface area contributed by atoms with E-state index < -0.39 is 11.7 Å². The summed E-state index contributed by atoms with van der Waals surface area (Å²) in [7, 11) is 1.76. The van der Waals surface area contributed by atoms with E-state index in [9.17, 15) is 13.2 Å². The molecule has 0 saturated carbocycles. The predicted octanol–water partition coefficient (Wildman–Crippen LogP) is 3.61. The smallest absolute Gasteiger partial charge is 0.416 e. The number of hydrogen-bond donors (Lipinski definition) is 1. The minimum absolute atomic E-state index is 0.107. The van der Waals surface area contributed by atoms with Gasteiger partial charge < -0.3 is 10.1 Å². The van der Waals surface area contributed by atoms with Crippen molar-refractivity contribution in [1.82, 2.24) is 10.3 Å². The molecule has 2 rings (SSSR count). The Labute approximate surface area is 114 Å². The molecule has 1 aromatic carbocycles. The Bertz CT molecular complexity index is 585. The van der Waals surface area contributed by atoms with Crippen molar-refractivity contribution >= 4 is 0 Å². The third kappa shape index (κ3) is 3.48. The van der Waals surface area contributed by atoms with E-state index in [-0.39, 0.29) is 5.75 Å². The number of pyridine rings is 1. The minimum Gasteiger partial charge on any atom is -0.439 e. The van der Waals surface area contributed by atoms with Gasteiger partial charge in [-0.3, -0.25) is 0 Å². The van der Waals surface area contributed by atoms with E-state index in [1.807, 2.05) is 0 Å². The van der Waals surface area contributed by atoms with E-state index in [1.165, 1.54) is 18.3 Å². The molecule has 1 heterocycles. The molecule has 0 atom stereocenters. The first-order valence-corrected chi connectivity index (χ1v) is 5.94. The molecule has 20 heavy (non-hydrogen) atoms. The fourth-order valence-corrected chi connectivity index (χ4v) is 1.69. The number of benzene rings is 1. The maximum Gasteiger partial charge on any atom is 0.416 e. The van der Waals surface area contributed by atoms with Crippen LogP contribution in [0.15, 0.2) is 42.6 Å². The normalized spacial score (nSPS) is 11.4. The Morgan fingerprint density at radius 2 is 2.00 bits per heavy atom. The Balaban J connectivity index is 2.26. The number of hydrogen-bond acceptors (Lipinski definition) is 3. The van der Waals surface area contributed by atoms with Crippen molar-refractivity contribution < 1.29 is 17.9 Å². The van der Waals surface area contributed by atoms with Crippen molar-refractivity contribution in [3.8, 4) is 11.6 Å². The summed E-state index contributed by atoms with van der Waals surface area (Å²) in [5.74, 6) is 0.400. The van der Waals surface area contributed by atoms with Crippen LogP contribution in [0, 0.1) is 0 Å². The molecule has 3 nitrogen and oxygen atoms in total. The van der Waals surface area contributed by atoms with Gasteiger partial charge in [0, 0.05) is 18.3 Å². The lowest BCUT2D eigenvalue weighted by Crippen LogP contribution is -2.07. The fourth-order valence-electron chi connectivity index (χ4n) is 1.69. The molecule has 6 heteroatoms. The number of nitrogens with zero attached hydrogens (tertiary/aromatic N) is 1. The maximum absolute atomic E-state index is 12.6. The first kappa shape index (κ1) is 14.3. The lowest BCUT2D eigenvalue weighted by molar-refractivity contribution is -0.137. The van der Waals surface area contributed by atoms with Crippen LogP contribution < -0.4 is 10.1 Å². The zero-order valence-corrected chi connectivity index (χ0v) is 10.7. The lowest BCUT2D eigenvalue weighted by atomic mass is 10.2. The molecule has 106 valence electrons. The first-order chi connectivity index (χ1) is 9.50. The molecule has 0 unspecified atom stereocenters. The second kappa shape index (κ2) is 5.92. The van der Waals surface area contributed by atoms with Crippen molar-refractivity contribution in [2.45, 2.75) is 12.7 Å². The van der Waals surface area contributed by atoms with E-state index >= 15 is 0 Å². The highest BCUT2D eigenvalue weighted by atomic mass is 19.4. The molecule has 0 saturated heterocycles. The van der Waals surface area contributed by atoms with Gasteiger partial charge >= 0.3 is 6.18 Å². The zero-order chi connectivity index (χ0) is 14.6. The van der Waals surface area contributed by atoms with Gasteiger partial charge in [-0.2, -0.15) is 13.2 Å². The summed E-state index contributed by atoms with van der Waals surface area (Å²) < 4.78 is 43.3. The van der Waals surface area contributed by atoms with Gasteiger partial charge in [-0.15, -0.1) is 0 Å². The van der Waals surface area contributed by atoms with E-state index in [4.69, 9.17) is 4.74 Å². The molecule has 0 spiro atoms. The molecular formula is C14H13F3N2O. The van der Waals surface area contributed by atoms with Crippen LogP contribution in [0.25, 0.3) is 0 Å². The van der Waals surface area contributed by atoms with Gasteiger partial charge in [-0.25, -0.2) is 4.98 Å². The predicted molar refractivity (Wildman–Crippen MR) is 68.5 cm³/mol. The van der Waals surface area contributed by atoms with Crippen LogP contribution in [-0.4, -0.2) is 12.0 Å². The van der Waals surface area contributed by atoms with Gasteiger partial charge in [0.25, 0.3) is 0 Å². The summed E-state index contributed by atoms with van der Waals surface area (Å²) in [6, 6.07) is 8.27. The number of rotatable bonds is 4. The topological polar surface area (TPSA) is 34.2 Å². The monoisotopic (exact) mass is 282 g/mol. The number of alkyl halides is 3. The van der Waals surface area contributed by atoms with Gasteiger partial charge in [-0.05, 0) is 31.3 Å². The highest BCUT2D eigenvalue weighted by Crippen LogP contribution is 2.32. The molecule has 0 amide bonds. The molecule has 1 N–H and O–H groups in total. The number of nitrogens with one attached hydrogen (secondary N) is 1. The highest BCUT2D eigenvalue weighted by Gasteiger charge is 2.30. The molecule has 2 aromatic rings. The van der Waals surface area contributed by atoms with Crippen LogP contribution in [-0.2, 0) is 12.7 Å². The summed E-state index contributed by atoms with van der Waals surface area (Å²) in [6.45, 7) is 0.516. The van der Waals surface area contributed by atoms with Crippen LogP contribution in [0.2, 0.25) is 0 Å². The summed E-state index contributed by atoms with van der Waals surface area (Å²) >= 11 is 0. The Morgan fingerprint density at radius 1 is 1.20 bits per heavy atom. The summed E-state index contributed by atoms with van der Waals surface area (Å²) in [6.07, 6.45) is -2.86. The van der Waals surface area contributed by atoms with E-state index in [1.54, 1.807) is 19.2 Å². The quantitative estimate of drug-likeness (QED) is 0.930. The molecule has 0 aliphatic carbocycles. The molecule has 0 fully saturated rings. The van der Waals surface area contributed by atoms with Crippen molar-refractivity contribution in [3.05, 3.63) is 53.7 Å². The fraction of sp³-hybridized carbons (Fsp3) is 0.214. The second-order valence-electron chi connectivity index (χ2n) is 4.13. The van der Waals surface area contributed by atoms with Crippen LogP contribution in [0.4, 0.5) is 13.2 Å². The van der Waals surface area contributed by atoms with Crippen LogP contribution >= 0.6 is 0 Å². The standard InChI is InChI=1S/C14H13F3N2O/c1-18-9-10-4-3-7-19-13(10)20-12-6-2-5-11(8-12)14(15,16)17/h2-8,18H,9H2,1H3. The molecular weight excluding hydrogens is 269 g/mol. The second-order valence-corrected chi connectivity index (χ2v) is 4.13. The summed E-state index contributed by atoms with van der Waals surface area (Å²) in [4.78, 5) is 4.04. The number of halogens is 3. The van der Waals surface area contributed by atoms with Crippen molar-refractivity contribution in [1.29, 1.82) is 0 Å². The van der Waals surface area contributed by atoms with E-state index in [2.05, 4.69) is 10.3 Å². The molecule has 0 aliphatic rings. The van der Waals surface area contributed by atoms with Crippen molar-refractivity contribution in [2.24, 2.45) is 0 Å². The van der Waals surface area contributed by atoms with Gasteiger partial charge in [0.15, 0.2) is 0 Å². The van der Waals surface area contributed by atoms with Crippen molar-refractivity contribution in [2.75, 3.05) is 7.05 Å². The van der Waals surface area contributed by atoms with Gasteiger partial charge in [-0.1, -0.05) is 12.1 Å². The number of ether oxygens (including phenoxy) is 1. The Kier molecular flexibility index (Phi) is 4.24. The average Bonchev–Trinajstić information content (AvgIpc) is 2.41. The third-order valence-corrected chi connectivity index (χ3v) is 2.59. The molecule has 0 radical (unpaired) electrons. The molecule has 0 aliphatic heterocycles. The van der Waals surface area contributed by atoms with E-state index in [0.29, 0.717) is 12.4 Å². The van der Waals surface area contributed by atoms with Gasteiger partial charge in [0.2, 0.25) is 5.88 Å². The number of aromatic nitrogens is 1. The average molecular weight is 282 g/mol. The summed E-state index contributed by atoms with van der Waals surface area (Å²) in [5.41, 5.74) is 0.0218. The highest BCUT2D eigenvalue weighted by molar-refractivity contribution is 5.35. The minimum atomic E-state index is -4.39. The van der Waals surface area contributed by atoms with Crippen LogP contribution in [0.5, 0.6) is 11.6 Å². The molecule has 0 bridgehead atoms.